The average molecular weight is 307 g/mol. The molecule has 1 aliphatic heterocycles. The number of likely N-dealkylation sites (tertiary alicyclic amines) is 1. The molecule has 3 heteroatoms. The van der Waals surface area contributed by atoms with Crippen molar-refractivity contribution in [1.82, 2.24) is 10.2 Å². The van der Waals surface area contributed by atoms with Crippen LogP contribution in [0.1, 0.15) is 38.2 Å². The van der Waals surface area contributed by atoms with Crippen LogP contribution >= 0.6 is 11.6 Å². The van der Waals surface area contributed by atoms with Gasteiger partial charge in [-0.15, -0.1) is 0 Å². The Bertz CT molecular complexity index is 433. The van der Waals surface area contributed by atoms with Crippen molar-refractivity contribution in [2.75, 3.05) is 19.6 Å². The third-order valence-electron chi connectivity index (χ3n) is 4.99. The number of nitrogens with zero attached hydrogens (tertiary/aromatic N) is 1. The van der Waals surface area contributed by atoms with Crippen molar-refractivity contribution < 1.29 is 0 Å². The van der Waals surface area contributed by atoms with E-state index in [-0.39, 0.29) is 0 Å². The topological polar surface area (TPSA) is 15.3 Å². The van der Waals surface area contributed by atoms with Crippen molar-refractivity contribution in [2.24, 2.45) is 5.92 Å². The van der Waals surface area contributed by atoms with Gasteiger partial charge in [-0.05, 0) is 82.3 Å². The van der Waals surface area contributed by atoms with Gasteiger partial charge in [-0.3, -0.25) is 0 Å². The predicted molar refractivity (Wildman–Crippen MR) is 89.9 cm³/mol. The van der Waals surface area contributed by atoms with Crippen LogP contribution in [-0.4, -0.2) is 36.6 Å². The second-order valence-electron chi connectivity index (χ2n) is 6.84. The van der Waals surface area contributed by atoms with E-state index < -0.39 is 0 Å². The lowest BCUT2D eigenvalue weighted by Gasteiger charge is -2.36. The first-order valence-electron chi connectivity index (χ1n) is 8.42. The van der Waals surface area contributed by atoms with Crippen molar-refractivity contribution in [3.63, 3.8) is 0 Å². The van der Waals surface area contributed by atoms with Crippen LogP contribution in [-0.2, 0) is 6.42 Å². The number of hydrogen-bond donors (Lipinski definition) is 1. The highest BCUT2D eigenvalue weighted by Crippen LogP contribution is 2.28. The average Bonchev–Trinajstić information content (AvgIpc) is 3.32. The molecule has 1 atom stereocenters. The Kier molecular flexibility index (Phi) is 5.20. The molecule has 1 aromatic carbocycles. The molecule has 116 valence electrons. The Morgan fingerprint density at radius 2 is 1.81 bits per heavy atom. The molecule has 3 rings (SSSR count). The predicted octanol–water partition coefficient (Wildman–Crippen LogP) is 3.74. The van der Waals surface area contributed by atoms with E-state index >= 15 is 0 Å². The fraction of sp³-hybridized carbons (Fsp3) is 0.667. The minimum absolute atomic E-state index is 0.621. The minimum atomic E-state index is 0.621. The van der Waals surface area contributed by atoms with E-state index in [2.05, 4.69) is 29.3 Å². The second-order valence-corrected chi connectivity index (χ2v) is 7.28. The lowest BCUT2D eigenvalue weighted by molar-refractivity contribution is 0.151. The molecule has 2 nitrogen and oxygen atoms in total. The van der Waals surface area contributed by atoms with E-state index in [4.69, 9.17) is 11.6 Å². The van der Waals surface area contributed by atoms with Gasteiger partial charge in [-0.1, -0.05) is 23.7 Å². The summed E-state index contributed by atoms with van der Waals surface area (Å²) in [7, 11) is 0. The molecule has 0 bridgehead atoms. The first-order chi connectivity index (χ1) is 10.2. The fourth-order valence-corrected chi connectivity index (χ4v) is 3.42. The quantitative estimate of drug-likeness (QED) is 0.861. The van der Waals surface area contributed by atoms with Gasteiger partial charge in [-0.25, -0.2) is 0 Å². The molecule has 2 fully saturated rings. The molecule has 1 N–H and O–H groups in total. The van der Waals surface area contributed by atoms with Gasteiger partial charge in [0.25, 0.3) is 0 Å². The first kappa shape index (κ1) is 15.3. The standard InChI is InChI=1S/C18H27ClN2/c1-14(12-15-4-6-17(19)7-5-15)21-10-8-18(9-11-21)20-13-16-2-3-16/h4-7,14,16,18,20H,2-3,8-13H2,1H3. The van der Waals surface area contributed by atoms with E-state index in [1.165, 1.54) is 50.9 Å². The van der Waals surface area contributed by atoms with E-state index in [0.29, 0.717) is 6.04 Å². The van der Waals surface area contributed by atoms with Crippen molar-refractivity contribution in [1.29, 1.82) is 0 Å². The Labute approximate surface area is 133 Å². The number of rotatable bonds is 6. The van der Waals surface area contributed by atoms with Gasteiger partial charge in [0.2, 0.25) is 0 Å². The normalized spacial score (nSPS) is 22.4. The summed E-state index contributed by atoms with van der Waals surface area (Å²) in [5, 5.41) is 4.59. The largest absolute Gasteiger partial charge is 0.314 e. The number of nitrogens with one attached hydrogen (secondary N) is 1. The monoisotopic (exact) mass is 306 g/mol. The van der Waals surface area contributed by atoms with Crippen molar-refractivity contribution in [2.45, 2.75) is 51.1 Å². The molecular weight excluding hydrogens is 280 g/mol. The second kappa shape index (κ2) is 7.13. The molecule has 0 spiro atoms. The summed E-state index contributed by atoms with van der Waals surface area (Å²) in [6.45, 7) is 6.08. The van der Waals surface area contributed by atoms with Crippen LogP contribution in [0.25, 0.3) is 0 Å². The number of piperidine rings is 1. The Balaban J connectivity index is 1.41. The first-order valence-corrected chi connectivity index (χ1v) is 8.80. The van der Waals surface area contributed by atoms with E-state index in [1.807, 2.05) is 12.1 Å². The molecule has 0 radical (unpaired) electrons. The van der Waals surface area contributed by atoms with Gasteiger partial charge in [0.05, 0.1) is 0 Å². The third-order valence-corrected chi connectivity index (χ3v) is 5.24. The zero-order valence-corrected chi connectivity index (χ0v) is 13.8. The van der Waals surface area contributed by atoms with Gasteiger partial charge < -0.3 is 10.2 Å². The van der Waals surface area contributed by atoms with Crippen LogP contribution in [0, 0.1) is 5.92 Å². The highest BCUT2D eigenvalue weighted by molar-refractivity contribution is 6.30. The highest BCUT2D eigenvalue weighted by Gasteiger charge is 2.25. The molecule has 1 aliphatic carbocycles. The van der Waals surface area contributed by atoms with Gasteiger partial charge in [-0.2, -0.15) is 0 Å². The number of halogens is 1. The van der Waals surface area contributed by atoms with E-state index in [1.54, 1.807) is 0 Å². The van der Waals surface area contributed by atoms with Gasteiger partial charge in [0, 0.05) is 17.1 Å². The molecule has 1 aromatic rings. The van der Waals surface area contributed by atoms with E-state index in [9.17, 15) is 0 Å². The van der Waals surface area contributed by atoms with Crippen LogP contribution in [0.3, 0.4) is 0 Å². The highest BCUT2D eigenvalue weighted by atomic mass is 35.5. The summed E-state index contributed by atoms with van der Waals surface area (Å²) < 4.78 is 0. The summed E-state index contributed by atoms with van der Waals surface area (Å²) in [5.41, 5.74) is 1.39. The molecule has 1 saturated heterocycles. The molecule has 1 saturated carbocycles. The minimum Gasteiger partial charge on any atom is -0.314 e. The SMILES string of the molecule is CC(Cc1ccc(Cl)cc1)N1CCC(NCC2CC2)CC1. The molecule has 0 aromatic heterocycles. The van der Waals surface area contributed by atoms with Crippen LogP contribution in [0.4, 0.5) is 0 Å². The molecule has 21 heavy (non-hydrogen) atoms. The van der Waals surface area contributed by atoms with Gasteiger partial charge in [0.1, 0.15) is 0 Å². The lowest BCUT2D eigenvalue weighted by Crippen LogP contribution is -2.46. The Morgan fingerprint density at radius 1 is 1.14 bits per heavy atom. The van der Waals surface area contributed by atoms with Crippen molar-refractivity contribution >= 4 is 11.6 Å². The van der Waals surface area contributed by atoms with Gasteiger partial charge >= 0.3 is 0 Å². The summed E-state index contributed by atoms with van der Waals surface area (Å²) in [6, 6.07) is 9.68. The molecule has 1 unspecified atom stereocenters. The summed E-state index contributed by atoms with van der Waals surface area (Å²) >= 11 is 5.95. The Morgan fingerprint density at radius 3 is 2.43 bits per heavy atom. The summed E-state index contributed by atoms with van der Waals surface area (Å²) in [5.74, 6) is 0.992. The maximum atomic E-state index is 5.95. The zero-order valence-electron chi connectivity index (χ0n) is 13.0. The Hall–Kier alpha value is -0.570. The molecular formula is C18H27ClN2. The van der Waals surface area contributed by atoms with Crippen LogP contribution in [0.5, 0.6) is 0 Å². The van der Waals surface area contributed by atoms with E-state index in [0.717, 1.165) is 23.4 Å². The number of benzene rings is 1. The summed E-state index contributed by atoms with van der Waals surface area (Å²) in [4.78, 5) is 2.64. The van der Waals surface area contributed by atoms with Gasteiger partial charge in [0.15, 0.2) is 0 Å². The van der Waals surface area contributed by atoms with Crippen molar-refractivity contribution in [3.8, 4) is 0 Å². The summed E-state index contributed by atoms with van der Waals surface area (Å²) in [6.07, 6.45) is 6.63. The van der Waals surface area contributed by atoms with Crippen LogP contribution in [0.2, 0.25) is 5.02 Å². The molecule has 2 aliphatic rings. The smallest absolute Gasteiger partial charge is 0.0406 e. The maximum absolute atomic E-state index is 5.95. The van der Waals surface area contributed by atoms with Crippen LogP contribution < -0.4 is 5.32 Å². The maximum Gasteiger partial charge on any atom is 0.0406 e. The zero-order chi connectivity index (χ0) is 14.7. The molecule has 1 heterocycles. The fourth-order valence-electron chi connectivity index (χ4n) is 3.29. The third kappa shape index (κ3) is 4.70. The van der Waals surface area contributed by atoms with Crippen LogP contribution in [0.15, 0.2) is 24.3 Å². The lowest BCUT2D eigenvalue weighted by atomic mass is 10.00. The van der Waals surface area contributed by atoms with Crippen molar-refractivity contribution in [3.05, 3.63) is 34.9 Å². The molecule has 0 amide bonds. The number of hydrogen-bond acceptors (Lipinski definition) is 2.